The van der Waals surface area contributed by atoms with E-state index in [2.05, 4.69) is 49.9 Å². The van der Waals surface area contributed by atoms with Crippen molar-refractivity contribution in [2.75, 3.05) is 0 Å². The molecule has 0 saturated heterocycles. The van der Waals surface area contributed by atoms with Crippen molar-refractivity contribution in [3.8, 4) is 23.5 Å². The van der Waals surface area contributed by atoms with Crippen LogP contribution in [-0.4, -0.2) is 0 Å². The largest absolute Gasteiger partial charge is 0.148 e. The third-order valence-electron chi connectivity index (χ3n) is 3.15. The third kappa shape index (κ3) is 2.55. The first-order chi connectivity index (χ1) is 8.61. The molecular weight excluding hydrogens is 236 g/mol. The Bertz CT molecular complexity index is 611. The van der Waals surface area contributed by atoms with Gasteiger partial charge in [-0.05, 0) is 41.6 Å². The molecule has 0 aliphatic carbocycles. The molecule has 0 unspecified atom stereocenters. The Morgan fingerprint density at radius 3 is 2.78 bits per heavy atom. The standard InChI is InChI=1S/C17H16S/c1-5-14-7-6-8-15(9-14)16-10-17(18-11-16)13(4)12(2)3/h1,6-11,13H,2H2,3-4H3/t13-/m0/s1. The molecule has 0 saturated carbocycles. The van der Waals surface area contributed by atoms with Gasteiger partial charge in [-0.1, -0.05) is 37.1 Å². The van der Waals surface area contributed by atoms with Crippen LogP contribution in [0.25, 0.3) is 11.1 Å². The first-order valence-electron chi connectivity index (χ1n) is 5.92. The van der Waals surface area contributed by atoms with E-state index in [1.807, 2.05) is 12.1 Å². The highest BCUT2D eigenvalue weighted by Gasteiger charge is 2.10. The predicted octanol–water partition coefficient (Wildman–Crippen LogP) is 5.08. The fraction of sp³-hybridized carbons (Fsp3) is 0.176. The van der Waals surface area contributed by atoms with Crippen molar-refractivity contribution in [2.24, 2.45) is 0 Å². The summed E-state index contributed by atoms with van der Waals surface area (Å²) in [7, 11) is 0. The highest BCUT2D eigenvalue weighted by atomic mass is 32.1. The molecule has 0 radical (unpaired) electrons. The van der Waals surface area contributed by atoms with Crippen molar-refractivity contribution < 1.29 is 0 Å². The SMILES string of the molecule is C#Cc1cccc(-c2csc([C@@H](C)C(=C)C)c2)c1. The summed E-state index contributed by atoms with van der Waals surface area (Å²) < 4.78 is 0. The van der Waals surface area contributed by atoms with Gasteiger partial charge in [-0.2, -0.15) is 0 Å². The van der Waals surface area contributed by atoms with Gasteiger partial charge in [-0.15, -0.1) is 17.8 Å². The second kappa shape index (κ2) is 5.25. The lowest BCUT2D eigenvalue weighted by Crippen LogP contribution is -1.89. The van der Waals surface area contributed by atoms with E-state index in [-0.39, 0.29) is 0 Å². The van der Waals surface area contributed by atoms with Crippen LogP contribution in [0.2, 0.25) is 0 Å². The number of benzene rings is 1. The molecule has 0 aliphatic rings. The molecule has 2 rings (SSSR count). The smallest absolute Gasteiger partial charge is 0.0248 e. The van der Waals surface area contributed by atoms with Crippen LogP contribution < -0.4 is 0 Å². The van der Waals surface area contributed by atoms with Gasteiger partial charge in [0.25, 0.3) is 0 Å². The number of hydrogen-bond donors (Lipinski definition) is 0. The second-order valence-corrected chi connectivity index (χ2v) is 5.47. The average molecular weight is 252 g/mol. The number of rotatable bonds is 3. The van der Waals surface area contributed by atoms with Gasteiger partial charge in [0.05, 0.1) is 0 Å². The number of allylic oxidation sites excluding steroid dienone is 1. The highest BCUT2D eigenvalue weighted by molar-refractivity contribution is 7.10. The molecule has 2 aromatic rings. The molecule has 0 aliphatic heterocycles. The molecule has 1 heterocycles. The van der Waals surface area contributed by atoms with Crippen molar-refractivity contribution in [1.82, 2.24) is 0 Å². The lowest BCUT2D eigenvalue weighted by Gasteiger charge is -2.07. The van der Waals surface area contributed by atoms with E-state index in [0.717, 1.165) is 5.56 Å². The zero-order chi connectivity index (χ0) is 13.1. The molecule has 0 N–H and O–H groups in total. The van der Waals surface area contributed by atoms with E-state index < -0.39 is 0 Å². The van der Waals surface area contributed by atoms with Crippen LogP contribution in [0, 0.1) is 12.3 Å². The highest BCUT2D eigenvalue weighted by Crippen LogP contribution is 2.33. The summed E-state index contributed by atoms with van der Waals surface area (Å²) in [6.07, 6.45) is 5.43. The molecule has 1 aromatic heterocycles. The maximum absolute atomic E-state index is 5.43. The molecule has 0 spiro atoms. The molecule has 1 heteroatoms. The Labute approximate surface area is 113 Å². The van der Waals surface area contributed by atoms with Crippen molar-refractivity contribution in [3.63, 3.8) is 0 Å². The zero-order valence-electron chi connectivity index (χ0n) is 10.7. The quantitative estimate of drug-likeness (QED) is 0.528. The molecule has 0 fully saturated rings. The molecule has 0 nitrogen and oxygen atoms in total. The summed E-state index contributed by atoms with van der Waals surface area (Å²) in [5.41, 5.74) is 4.54. The fourth-order valence-corrected chi connectivity index (χ4v) is 2.83. The Hall–Kier alpha value is -1.78. The number of thiophene rings is 1. The molecular formula is C17H16S. The molecule has 1 aromatic carbocycles. The van der Waals surface area contributed by atoms with E-state index in [4.69, 9.17) is 6.42 Å². The van der Waals surface area contributed by atoms with Gasteiger partial charge >= 0.3 is 0 Å². The summed E-state index contributed by atoms with van der Waals surface area (Å²) in [5, 5.41) is 2.18. The van der Waals surface area contributed by atoms with Gasteiger partial charge in [0.2, 0.25) is 0 Å². The summed E-state index contributed by atoms with van der Waals surface area (Å²) >= 11 is 1.78. The van der Waals surface area contributed by atoms with Crippen LogP contribution in [0.4, 0.5) is 0 Å². The minimum absolute atomic E-state index is 0.416. The Morgan fingerprint density at radius 2 is 2.11 bits per heavy atom. The maximum Gasteiger partial charge on any atom is 0.0248 e. The molecule has 0 amide bonds. The first-order valence-corrected chi connectivity index (χ1v) is 6.80. The topological polar surface area (TPSA) is 0 Å². The average Bonchev–Trinajstić information content (AvgIpc) is 2.87. The summed E-state index contributed by atoms with van der Waals surface area (Å²) in [5.74, 6) is 3.09. The molecule has 0 bridgehead atoms. The molecule has 90 valence electrons. The lowest BCUT2D eigenvalue weighted by molar-refractivity contribution is 0.922. The van der Waals surface area contributed by atoms with Crippen molar-refractivity contribution >= 4 is 11.3 Å². The third-order valence-corrected chi connectivity index (χ3v) is 4.26. The van der Waals surface area contributed by atoms with Gasteiger partial charge in [-0.3, -0.25) is 0 Å². The van der Waals surface area contributed by atoms with E-state index in [1.54, 1.807) is 11.3 Å². The van der Waals surface area contributed by atoms with Crippen LogP contribution in [0.1, 0.15) is 30.2 Å². The maximum atomic E-state index is 5.43. The fourth-order valence-electron chi connectivity index (χ4n) is 1.76. The van der Waals surface area contributed by atoms with Gasteiger partial charge < -0.3 is 0 Å². The molecule has 18 heavy (non-hydrogen) atoms. The van der Waals surface area contributed by atoms with Crippen molar-refractivity contribution in [1.29, 1.82) is 0 Å². The van der Waals surface area contributed by atoms with E-state index in [0.29, 0.717) is 5.92 Å². The monoisotopic (exact) mass is 252 g/mol. The van der Waals surface area contributed by atoms with Crippen molar-refractivity contribution in [3.05, 3.63) is 58.3 Å². The van der Waals surface area contributed by atoms with E-state index >= 15 is 0 Å². The van der Waals surface area contributed by atoms with E-state index in [9.17, 15) is 0 Å². The summed E-state index contributed by atoms with van der Waals surface area (Å²) in [6, 6.07) is 10.3. The zero-order valence-corrected chi connectivity index (χ0v) is 11.6. The minimum atomic E-state index is 0.416. The normalized spacial score (nSPS) is 11.8. The summed E-state index contributed by atoms with van der Waals surface area (Å²) in [6.45, 7) is 8.28. The van der Waals surface area contributed by atoms with Gasteiger partial charge in [0.1, 0.15) is 0 Å². The van der Waals surface area contributed by atoms with Gasteiger partial charge in [0.15, 0.2) is 0 Å². The minimum Gasteiger partial charge on any atom is -0.148 e. The predicted molar refractivity (Wildman–Crippen MR) is 80.9 cm³/mol. The van der Waals surface area contributed by atoms with Crippen LogP contribution in [-0.2, 0) is 0 Å². The van der Waals surface area contributed by atoms with Gasteiger partial charge in [-0.25, -0.2) is 0 Å². The number of hydrogen-bond acceptors (Lipinski definition) is 1. The van der Waals surface area contributed by atoms with Gasteiger partial charge in [0, 0.05) is 16.4 Å². The Kier molecular flexibility index (Phi) is 3.69. The van der Waals surface area contributed by atoms with Crippen LogP contribution in [0.15, 0.2) is 47.9 Å². The Balaban J connectivity index is 2.35. The van der Waals surface area contributed by atoms with E-state index in [1.165, 1.54) is 21.6 Å². The van der Waals surface area contributed by atoms with Crippen LogP contribution in [0.5, 0.6) is 0 Å². The van der Waals surface area contributed by atoms with Crippen LogP contribution in [0.3, 0.4) is 0 Å². The van der Waals surface area contributed by atoms with Crippen molar-refractivity contribution in [2.45, 2.75) is 19.8 Å². The Morgan fingerprint density at radius 1 is 1.33 bits per heavy atom. The molecule has 1 atom stereocenters. The second-order valence-electron chi connectivity index (χ2n) is 4.53. The number of terminal acetylenes is 1. The first kappa shape index (κ1) is 12.7. The van der Waals surface area contributed by atoms with Crippen LogP contribution >= 0.6 is 11.3 Å². The lowest BCUT2D eigenvalue weighted by atomic mass is 10.0. The summed E-state index contributed by atoms with van der Waals surface area (Å²) in [4.78, 5) is 1.35.